The third kappa shape index (κ3) is 4.99. The molecule has 7 heteroatoms. The Morgan fingerprint density at radius 3 is 2.19 bits per heavy atom. The second-order valence-electron chi connectivity index (χ2n) is 6.07. The first kappa shape index (κ1) is 22.5. The second-order valence-corrected chi connectivity index (χ2v) is 8.75. The fraction of sp³-hybridized carbons (Fsp3) is 0.400. The molecule has 1 unspecified atom stereocenters. The zero-order valence-corrected chi connectivity index (χ0v) is 18.8. The SMILES string of the molecule is CCc1c(Cl)c(CC)c(C(F)(F)F)c(Oc2cccc(CPBr)c2)c1CC. The lowest BCUT2D eigenvalue weighted by Crippen LogP contribution is -2.15. The number of hydrogen-bond donors (Lipinski definition) is 0. The smallest absolute Gasteiger partial charge is 0.420 e. The van der Waals surface area contributed by atoms with Crippen LogP contribution in [0, 0.1) is 0 Å². The van der Waals surface area contributed by atoms with Crippen LogP contribution in [0.15, 0.2) is 24.3 Å². The van der Waals surface area contributed by atoms with Crippen molar-refractivity contribution in [1.82, 2.24) is 0 Å². The van der Waals surface area contributed by atoms with Gasteiger partial charge in [0.15, 0.2) is 0 Å². The predicted molar refractivity (Wildman–Crippen MR) is 112 cm³/mol. The first-order chi connectivity index (χ1) is 12.8. The Morgan fingerprint density at radius 2 is 1.67 bits per heavy atom. The van der Waals surface area contributed by atoms with E-state index < -0.39 is 11.7 Å². The zero-order valence-electron chi connectivity index (χ0n) is 15.4. The Hall–Kier alpha value is -0.770. The van der Waals surface area contributed by atoms with Crippen molar-refractivity contribution >= 4 is 34.4 Å². The van der Waals surface area contributed by atoms with E-state index in [-0.39, 0.29) is 22.8 Å². The summed E-state index contributed by atoms with van der Waals surface area (Å²) in [5.41, 5.74) is 1.62. The van der Waals surface area contributed by atoms with Gasteiger partial charge in [-0.05, 0) is 67.1 Å². The number of rotatable bonds is 7. The van der Waals surface area contributed by atoms with Gasteiger partial charge in [-0.1, -0.05) is 60.0 Å². The number of ether oxygens (including phenoxy) is 1. The van der Waals surface area contributed by atoms with E-state index in [9.17, 15) is 13.2 Å². The van der Waals surface area contributed by atoms with Crippen LogP contribution in [-0.4, -0.2) is 0 Å². The molecular weight excluding hydrogens is 460 g/mol. The maximum Gasteiger partial charge on any atom is 0.420 e. The molecule has 0 aliphatic rings. The molecule has 0 radical (unpaired) electrons. The summed E-state index contributed by atoms with van der Waals surface area (Å²) in [7, 11) is 0.539. The summed E-state index contributed by atoms with van der Waals surface area (Å²) in [5, 5.41) is 0.214. The number of halogens is 5. The molecule has 0 heterocycles. The molecule has 0 fully saturated rings. The van der Waals surface area contributed by atoms with Crippen molar-refractivity contribution in [2.24, 2.45) is 0 Å². The normalized spacial score (nSPS) is 12.1. The summed E-state index contributed by atoms with van der Waals surface area (Å²) in [6.45, 7) is 5.41. The maximum absolute atomic E-state index is 14.0. The molecule has 0 aromatic heterocycles. The summed E-state index contributed by atoms with van der Waals surface area (Å²) in [5.74, 6) is 0.298. The molecule has 27 heavy (non-hydrogen) atoms. The third-order valence-electron chi connectivity index (χ3n) is 4.43. The van der Waals surface area contributed by atoms with Gasteiger partial charge < -0.3 is 4.74 Å². The summed E-state index contributed by atoms with van der Waals surface area (Å²) >= 11 is 9.79. The van der Waals surface area contributed by atoms with E-state index in [1.807, 2.05) is 19.9 Å². The molecule has 0 N–H and O–H groups in total. The highest BCUT2D eigenvalue weighted by atomic mass is 79.9. The van der Waals surface area contributed by atoms with Crippen LogP contribution in [0.2, 0.25) is 5.02 Å². The van der Waals surface area contributed by atoms with Crippen LogP contribution in [0.5, 0.6) is 11.5 Å². The van der Waals surface area contributed by atoms with E-state index in [4.69, 9.17) is 16.3 Å². The molecule has 0 saturated carbocycles. The summed E-state index contributed by atoms with van der Waals surface area (Å²) in [6.07, 6.45) is -2.60. The summed E-state index contributed by atoms with van der Waals surface area (Å²) in [4.78, 5) is 0. The van der Waals surface area contributed by atoms with E-state index >= 15 is 0 Å². The van der Waals surface area contributed by atoms with Gasteiger partial charge in [-0.25, -0.2) is 0 Å². The average molecular weight is 482 g/mol. The fourth-order valence-electron chi connectivity index (χ4n) is 3.25. The van der Waals surface area contributed by atoms with Crippen LogP contribution in [0.4, 0.5) is 13.2 Å². The van der Waals surface area contributed by atoms with Crippen LogP contribution in [0.1, 0.15) is 48.6 Å². The van der Waals surface area contributed by atoms with Crippen molar-refractivity contribution in [2.45, 2.75) is 52.4 Å². The van der Waals surface area contributed by atoms with Gasteiger partial charge >= 0.3 is 6.18 Å². The van der Waals surface area contributed by atoms with Crippen molar-refractivity contribution in [1.29, 1.82) is 0 Å². The fourth-order valence-corrected chi connectivity index (χ4v) is 5.07. The minimum Gasteiger partial charge on any atom is -0.456 e. The number of hydrogen-bond acceptors (Lipinski definition) is 1. The van der Waals surface area contributed by atoms with Crippen LogP contribution in [0.3, 0.4) is 0 Å². The van der Waals surface area contributed by atoms with E-state index in [2.05, 4.69) is 15.5 Å². The molecule has 2 aromatic rings. The van der Waals surface area contributed by atoms with Gasteiger partial charge in [0.25, 0.3) is 0 Å². The van der Waals surface area contributed by atoms with E-state index in [1.165, 1.54) is 0 Å². The Kier molecular flexibility index (Phi) is 8.03. The lowest BCUT2D eigenvalue weighted by Gasteiger charge is -2.24. The predicted octanol–water partition coefficient (Wildman–Crippen LogP) is 8.33. The summed E-state index contributed by atoms with van der Waals surface area (Å²) < 4.78 is 47.9. The Morgan fingerprint density at radius 1 is 1.04 bits per heavy atom. The lowest BCUT2D eigenvalue weighted by atomic mass is 9.92. The van der Waals surface area contributed by atoms with Gasteiger partial charge in [-0.3, -0.25) is 0 Å². The van der Waals surface area contributed by atoms with Gasteiger partial charge in [-0.2, -0.15) is 13.2 Å². The highest BCUT2D eigenvalue weighted by molar-refractivity contribution is 9.36. The van der Waals surface area contributed by atoms with Gasteiger partial charge in [0, 0.05) is 5.02 Å². The molecule has 1 nitrogen and oxygen atoms in total. The van der Waals surface area contributed by atoms with Crippen LogP contribution in [0.25, 0.3) is 0 Å². The zero-order chi connectivity index (χ0) is 20.2. The van der Waals surface area contributed by atoms with Gasteiger partial charge in [0.2, 0.25) is 0 Å². The van der Waals surface area contributed by atoms with Crippen LogP contribution in [-0.2, 0) is 31.6 Å². The van der Waals surface area contributed by atoms with Crippen molar-refractivity contribution in [2.75, 3.05) is 0 Å². The largest absolute Gasteiger partial charge is 0.456 e. The molecule has 2 rings (SSSR count). The number of benzene rings is 2. The number of alkyl halides is 3. The molecule has 0 aliphatic heterocycles. The van der Waals surface area contributed by atoms with Crippen molar-refractivity contribution in [3.8, 4) is 11.5 Å². The molecule has 0 amide bonds. The van der Waals surface area contributed by atoms with Gasteiger partial charge in [-0.15, -0.1) is 0 Å². The van der Waals surface area contributed by atoms with Gasteiger partial charge in [0.1, 0.15) is 17.1 Å². The standard InChI is InChI=1S/C20H22BrClF3OP/c1-4-14-15(5-2)19(17(20(23,24)25)16(6-3)18(14)22)26-13-9-7-8-12(10-13)11-27-21/h7-10,27H,4-6,11H2,1-3H3. The molecule has 148 valence electrons. The van der Waals surface area contributed by atoms with Crippen LogP contribution >= 0.6 is 34.4 Å². The van der Waals surface area contributed by atoms with Crippen molar-refractivity contribution < 1.29 is 17.9 Å². The molecule has 0 saturated heterocycles. The Balaban J connectivity index is 2.74. The van der Waals surface area contributed by atoms with Crippen LogP contribution < -0.4 is 4.74 Å². The maximum atomic E-state index is 14.0. The Bertz CT molecular complexity index is 809. The third-order valence-corrected chi connectivity index (χ3v) is 6.27. The van der Waals surface area contributed by atoms with Crippen molar-refractivity contribution in [3.63, 3.8) is 0 Å². The summed E-state index contributed by atoms with van der Waals surface area (Å²) in [6, 6.07) is 7.21. The topological polar surface area (TPSA) is 9.23 Å². The molecule has 1 atom stereocenters. The molecule has 0 bridgehead atoms. The lowest BCUT2D eigenvalue weighted by molar-refractivity contribution is -0.139. The quantitative estimate of drug-likeness (QED) is 0.361. The Labute approximate surface area is 173 Å². The molecular formula is C20H22BrClF3OP. The van der Waals surface area contributed by atoms with Gasteiger partial charge in [0.05, 0.1) is 0 Å². The molecule has 0 aliphatic carbocycles. The first-order valence-electron chi connectivity index (χ1n) is 8.81. The highest BCUT2D eigenvalue weighted by Crippen LogP contribution is 2.47. The minimum absolute atomic E-state index is 0.103. The van der Waals surface area contributed by atoms with E-state index in [1.54, 1.807) is 25.1 Å². The first-order valence-corrected chi connectivity index (χ1v) is 12.7. The van der Waals surface area contributed by atoms with Crippen molar-refractivity contribution in [3.05, 3.63) is 57.1 Å². The van der Waals surface area contributed by atoms with E-state index in [0.29, 0.717) is 31.4 Å². The minimum atomic E-state index is -4.55. The average Bonchev–Trinajstić information content (AvgIpc) is 2.61. The highest BCUT2D eigenvalue weighted by Gasteiger charge is 2.40. The van der Waals surface area contributed by atoms with E-state index in [0.717, 1.165) is 17.3 Å². The molecule has 2 aromatic carbocycles. The molecule has 0 spiro atoms. The monoisotopic (exact) mass is 480 g/mol. The second kappa shape index (κ2) is 9.62.